The number of halogens is 1. The van der Waals surface area contributed by atoms with E-state index < -0.39 is 12.1 Å². The fourth-order valence-electron chi connectivity index (χ4n) is 2.14. The maximum Gasteiger partial charge on any atom is 0.341 e. The molecular formula is C19H20FNO5. The first-order valence-corrected chi connectivity index (χ1v) is 8.07. The lowest BCUT2D eigenvalue weighted by molar-refractivity contribution is -0.139. The summed E-state index contributed by atoms with van der Waals surface area (Å²) in [6.07, 6.45) is -0.0962. The van der Waals surface area contributed by atoms with Gasteiger partial charge in [0.2, 0.25) is 0 Å². The summed E-state index contributed by atoms with van der Waals surface area (Å²) >= 11 is 0. The summed E-state index contributed by atoms with van der Waals surface area (Å²) in [6, 6.07) is 12.4. The van der Waals surface area contributed by atoms with Gasteiger partial charge in [-0.15, -0.1) is 0 Å². The van der Waals surface area contributed by atoms with Crippen LogP contribution in [-0.2, 0) is 16.0 Å². The largest absolute Gasteiger partial charge is 0.482 e. The molecule has 0 saturated heterocycles. The van der Waals surface area contributed by atoms with Gasteiger partial charge in [0.05, 0.1) is 0 Å². The highest BCUT2D eigenvalue weighted by Gasteiger charge is 2.14. The molecule has 0 fully saturated rings. The summed E-state index contributed by atoms with van der Waals surface area (Å²) in [7, 11) is 0. The Morgan fingerprint density at radius 1 is 1.08 bits per heavy atom. The van der Waals surface area contributed by atoms with Crippen molar-refractivity contribution in [3.05, 3.63) is 59.9 Å². The Kier molecular flexibility index (Phi) is 6.96. The van der Waals surface area contributed by atoms with Gasteiger partial charge < -0.3 is 19.9 Å². The average Bonchev–Trinajstić information content (AvgIpc) is 2.62. The Labute approximate surface area is 150 Å². The van der Waals surface area contributed by atoms with Gasteiger partial charge in [-0.3, -0.25) is 4.79 Å². The molecule has 2 rings (SSSR count). The van der Waals surface area contributed by atoms with E-state index in [1.807, 2.05) is 12.1 Å². The van der Waals surface area contributed by atoms with Crippen molar-refractivity contribution in [3.8, 4) is 11.5 Å². The van der Waals surface area contributed by atoms with E-state index in [0.29, 0.717) is 24.5 Å². The fraction of sp³-hybridized carbons (Fsp3) is 0.263. The summed E-state index contributed by atoms with van der Waals surface area (Å²) in [6.45, 7) is 1.65. The molecular weight excluding hydrogens is 341 g/mol. The summed E-state index contributed by atoms with van der Waals surface area (Å²) in [5.41, 5.74) is 0.972. The molecule has 0 bridgehead atoms. The maximum absolute atomic E-state index is 12.8. The third-order valence-electron chi connectivity index (χ3n) is 3.49. The van der Waals surface area contributed by atoms with Crippen molar-refractivity contribution in [2.45, 2.75) is 19.4 Å². The van der Waals surface area contributed by atoms with Crippen LogP contribution < -0.4 is 14.8 Å². The van der Waals surface area contributed by atoms with Crippen molar-refractivity contribution < 1.29 is 28.6 Å². The predicted octanol–water partition coefficient (Wildman–Crippen LogP) is 2.42. The lowest BCUT2D eigenvalue weighted by atomic mass is 10.1. The maximum atomic E-state index is 12.8. The molecule has 2 N–H and O–H groups in total. The van der Waals surface area contributed by atoms with Gasteiger partial charge in [0.15, 0.2) is 12.7 Å². The van der Waals surface area contributed by atoms with Gasteiger partial charge in [-0.25, -0.2) is 9.18 Å². The van der Waals surface area contributed by atoms with Gasteiger partial charge in [-0.2, -0.15) is 0 Å². The highest BCUT2D eigenvalue weighted by Crippen LogP contribution is 2.14. The van der Waals surface area contributed by atoms with Crippen LogP contribution in [0.1, 0.15) is 12.5 Å². The van der Waals surface area contributed by atoms with E-state index in [0.717, 1.165) is 5.56 Å². The van der Waals surface area contributed by atoms with Crippen LogP contribution in [0.15, 0.2) is 48.5 Å². The molecule has 6 nitrogen and oxygen atoms in total. The molecule has 0 aliphatic rings. The number of ether oxygens (including phenoxy) is 2. The van der Waals surface area contributed by atoms with Crippen LogP contribution in [0.3, 0.4) is 0 Å². The molecule has 0 saturated carbocycles. The van der Waals surface area contributed by atoms with Gasteiger partial charge in [-0.1, -0.05) is 12.1 Å². The van der Waals surface area contributed by atoms with Gasteiger partial charge in [0.1, 0.15) is 17.3 Å². The third-order valence-corrected chi connectivity index (χ3v) is 3.49. The normalized spacial score (nSPS) is 11.5. The van der Waals surface area contributed by atoms with Crippen molar-refractivity contribution in [1.82, 2.24) is 5.32 Å². The van der Waals surface area contributed by atoms with Gasteiger partial charge in [0.25, 0.3) is 5.91 Å². The number of hydrogen-bond donors (Lipinski definition) is 2. The van der Waals surface area contributed by atoms with Crippen LogP contribution in [0, 0.1) is 5.82 Å². The van der Waals surface area contributed by atoms with Crippen LogP contribution in [0.25, 0.3) is 0 Å². The summed E-state index contributed by atoms with van der Waals surface area (Å²) in [5.74, 6) is -0.772. The molecule has 0 aromatic heterocycles. The van der Waals surface area contributed by atoms with Crippen molar-refractivity contribution >= 4 is 11.9 Å². The van der Waals surface area contributed by atoms with Crippen LogP contribution >= 0.6 is 0 Å². The Balaban J connectivity index is 1.73. The van der Waals surface area contributed by atoms with Crippen molar-refractivity contribution in [2.24, 2.45) is 0 Å². The van der Waals surface area contributed by atoms with E-state index in [9.17, 15) is 14.0 Å². The molecule has 0 spiro atoms. The van der Waals surface area contributed by atoms with Crippen molar-refractivity contribution in [3.63, 3.8) is 0 Å². The molecule has 1 unspecified atom stereocenters. The van der Waals surface area contributed by atoms with Crippen molar-refractivity contribution in [2.75, 3.05) is 13.2 Å². The predicted molar refractivity (Wildman–Crippen MR) is 92.8 cm³/mol. The van der Waals surface area contributed by atoms with E-state index in [-0.39, 0.29) is 18.3 Å². The minimum Gasteiger partial charge on any atom is -0.482 e. The first-order chi connectivity index (χ1) is 12.4. The highest BCUT2D eigenvalue weighted by atomic mass is 19.1. The van der Waals surface area contributed by atoms with E-state index in [2.05, 4.69) is 5.32 Å². The number of carbonyl (C=O) groups excluding carboxylic acids is 1. The second kappa shape index (κ2) is 9.41. The number of carboxylic acid groups (broad SMARTS) is 1. The van der Waals surface area contributed by atoms with E-state index in [4.69, 9.17) is 14.6 Å². The quantitative estimate of drug-likeness (QED) is 0.716. The lowest BCUT2D eigenvalue weighted by Gasteiger charge is -2.14. The van der Waals surface area contributed by atoms with Crippen LogP contribution in [0.4, 0.5) is 4.39 Å². The summed E-state index contributed by atoms with van der Waals surface area (Å²) < 4.78 is 23.3. The zero-order chi connectivity index (χ0) is 18.9. The van der Waals surface area contributed by atoms with Gasteiger partial charge in [-0.05, 0) is 55.3 Å². The molecule has 0 heterocycles. The summed E-state index contributed by atoms with van der Waals surface area (Å²) in [5, 5.41) is 11.3. The lowest BCUT2D eigenvalue weighted by Crippen LogP contribution is -2.37. The second-order valence-electron chi connectivity index (χ2n) is 5.58. The molecule has 1 amide bonds. The first-order valence-electron chi connectivity index (χ1n) is 8.07. The van der Waals surface area contributed by atoms with Gasteiger partial charge in [0, 0.05) is 6.54 Å². The molecule has 0 aliphatic heterocycles. The monoisotopic (exact) mass is 361 g/mol. The van der Waals surface area contributed by atoms with E-state index in [1.54, 1.807) is 19.1 Å². The zero-order valence-corrected chi connectivity index (χ0v) is 14.3. The topological polar surface area (TPSA) is 84.9 Å². The van der Waals surface area contributed by atoms with Crippen LogP contribution in [-0.4, -0.2) is 36.2 Å². The van der Waals surface area contributed by atoms with Gasteiger partial charge >= 0.3 is 5.97 Å². The Morgan fingerprint density at radius 2 is 1.69 bits per heavy atom. The smallest absolute Gasteiger partial charge is 0.341 e. The number of carbonyl (C=O) groups is 2. The standard InChI is InChI=1S/C19H20FNO5/c1-13(26-17-8-4-15(20)5-9-17)19(24)21-11-10-14-2-6-16(7-3-14)25-12-18(22)23/h2-9,13H,10-12H2,1H3,(H,21,24)(H,22,23). The van der Waals surface area contributed by atoms with E-state index >= 15 is 0 Å². The number of aliphatic carboxylic acids is 1. The number of rotatable bonds is 9. The fourth-order valence-corrected chi connectivity index (χ4v) is 2.14. The SMILES string of the molecule is CC(Oc1ccc(F)cc1)C(=O)NCCc1ccc(OCC(=O)O)cc1. The molecule has 0 aliphatic carbocycles. The number of carboxylic acids is 1. The number of hydrogen-bond acceptors (Lipinski definition) is 4. The summed E-state index contributed by atoms with van der Waals surface area (Å²) in [4.78, 5) is 22.5. The number of amides is 1. The van der Waals surface area contributed by atoms with E-state index in [1.165, 1.54) is 24.3 Å². The van der Waals surface area contributed by atoms with Crippen molar-refractivity contribution in [1.29, 1.82) is 0 Å². The zero-order valence-electron chi connectivity index (χ0n) is 14.3. The molecule has 0 radical (unpaired) electrons. The number of nitrogens with one attached hydrogen (secondary N) is 1. The highest BCUT2D eigenvalue weighted by molar-refractivity contribution is 5.80. The Hall–Kier alpha value is -3.09. The number of benzene rings is 2. The molecule has 26 heavy (non-hydrogen) atoms. The minimum absolute atomic E-state index is 0.268. The minimum atomic E-state index is -1.03. The van der Waals surface area contributed by atoms with Crippen LogP contribution in [0.5, 0.6) is 11.5 Å². The van der Waals surface area contributed by atoms with Crippen LogP contribution in [0.2, 0.25) is 0 Å². The first kappa shape index (κ1) is 19.2. The third kappa shape index (κ3) is 6.43. The molecule has 7 heteroatoms. The second-order valence-corrected chi connectivity index (χ2v) is 5.58. The molecule has 1 atom stereocenters. The Morgan fingerprint density at radius 3 is 2.31 bits per heavy atom. The molecule has 2 aromatic rings. The Bertz CT molecular complexity index is 731. The average molecular weight is 361 g/mol. The molecule has 2 aromatic carbocycles. The molecule has 138 valence electrons.